The molecule has 0 atom stereocenters. The van der Waals surface area contributed by atoms with Gasteiger partial charge in [-0.15, -0.1) is 0 Å². The molecule has 3 nitrogen and oxygen atoms in total. The zero-order valence-corrected chi connectivity index (χ0v) is 11.6. The summed E-state index contributed by atoms with van der Waals surface area (Å²) >= 11 is 1.41. The molecule has 1 aromatic rings. The highest BCUT2D eigenvalue weighted by atomic mass is 127. The normalized spacial score (nSPS) is 11.8. The first-order chi connectivity index (χ1) is 8.68. The second kappa shape index (κ2) is 5.97. The Morgan fingerprint density at radius 1 is 1.47 bits per heavy atom. The van der Waals surface area contributed by atoms with Crippen molar-refractivity contribution in [1.82, 2.24) is 4.98 Å². The van der Waals surface area contributed by atoms with Gasteiger partial charge in [0.1, 0.15) is 3.70 Å². The number of hydrogen-bond acceptors (Lipinski definition) is 3. The second-order valence-corrected chi connectivity index (χ2v) is 4.38. The molecule has 0 saturated carbocycles. The fraction of sp³-hybridized carbons (Fsp3) is 0.400. The number of hydrogen-bond donors (Lipinski definition) is 0. The van der Waals surface area contributed by atoms with Crippen LogP contribution in [0.3, 0.4) is 0 Å². The van der Waals surface area contributed by atoms with Crippen molar-refractivity contribution in [3.8, 4) is 0 Å². The van der Waals surface area contributed by atoms with Gasteiger partial charge in [-0.05, 0) is 35.6 Å². The molecule has 1 rings (SSSR count). The second-order valence-electron chi connectivity index (χ2n) is 3.27. The minimum Gasteiger partial charge on any atom is -0.461 e. The Hall–Kier alpha value is -1.00. The Balaban J connectivity index is 3.54. The summed E-state index contributed by atoms with van der Waals surface area (Å²) in [5.74, 6) is -1.30. The summed E-state index contributed by atoms with van der Waals surface area (Å²) in [5, 5.41) is 0. The minimum atomic E-state index is -5.00. The van der Waals surface area contributed by atoms with Crippen molar-refractivity contribution in [2.24, 2.45) is 0 Å². The quantitative estimate of drug-likeness (QED) is 0.338. The average molecular weight is 395 g/mol. The molecule has 1 aromatic heterocycles. The van der Waals surface area contributed by atoms with Crippen LogP contribution < -0.4 is 0 Å². The number of alkyl halides is 5. The minimum absolute atomic E-state index is 0.157. The molecule has 19 heavy (non-hydrogen) atoms. The van der Waals surface area contributed by atoms with E-state index in [0.29, 0.717) is 6.07 Å². The van der Waals surface area contributed by atoms with Gasteiger partial charge in [0.2, 0.25) is 0 Å². The van der Waals surface area contributed by atoms with Crippen LogP contribution in [-0.2, 0) is 10.9 Å². The van der Waals surface area contributed by atoms with Crippen molar-refractivity contribution < 1.29 is 31.5 Å². The van der Waals surface area contributed by atoms with Crippen LogP contribution in [0.4, 0.5) is 22.0 Å². The van der Waals surface area contributed by atoms with Crippen LogP contribution in [0.2, 0.25) is 0 Å². The van der Waals surface area contributed by atoms with E-state index >= 15 is 0 Å². The molecule has 1 heterocycles. The van der Waals surface area contributed by atoms with Crippen molar-refractivity contribution in [2.45, 2.75) is 19.5 Å². The number of carbonyl (C=O) groups excluding carboxylic acids is 1. The van der Waals surface area contributed by atoms with Crippen LogP contribution in [0.25, 0.3) is 0 Å². The summed E-state index contributed by atoms with van der Waals surface area (Å²) in [7, 11) is 0. The zero-order chi connectivity index (χ0) is 14.8. The summed E-state index contributed by atoms with van der Waals surface area (Å²) in [6.07, 6.45) is -8.49. The Morgan fingerprint density at radius 2 is 2.05 bits per heavy atom. The van der Waals surface area contributed by atoms with Gasteiger partial charge < -0.3 is 4.74 Å². The van der Waals surface area contributed by atoms with Gasteiger partial charge in [-0.3, -0.25) is 0 Å². The van der Waals surface area contributed by atoms with E-state index in [1.807, 2.05) is 0 Å². The van der Waals surface area contributed by atoms with Crippen LogP contribution in [0.1, 0.15) is 35.0 Å². The lowest BCUT2D eigenvalue weighted by Gasteiger charge is -2.15. The first-order valence-electron chi connectivity index (χ1n) is 4.91. The molecule has 0 spiro atoms. The predicted molar refractivity (Wildman–Crippen MR) is 62.9 cm³/mol. The highest BCUT2D eigenvalue weighted by molar-refractivity contribution is 14.1. The van der Waals surface area contributed by atoms with E-state index < -0.39 is 35.4 Å². The number of rotatable bonds is 3. The average Bonchev–Trinajstić information content (AvgIpc) is 2.26. The van der Waals surface area contributed by atoms with E-state index in [1.54, 1.807) is 0 Å². The van der Waals surface area contributed by atoms with E-state index in [2.05, 4.69) is 9.72 Å². The molecule has 0 unspecified atom stereocenters. The molecule has 0 aliphatic rings. The Morgan fingerprint density at radius 3 is 2.47 bits per heavy atom. The summed E-state index contributed by atoms with van der Waals surface area (Å²) in [4.78, 5) is 14.8. The smallest absolute Gasteiger partial charge is 0.417 e. The SMILES string of the molecule is CCOC(=O)c1nc(I)cc(C(F)(F)F)c1C(F)F. The molecule has 9 heteroatoms. The Labute approximate surface area is 118 Å². The van der Waals surface area contributed by atoms with Gasteiger partial charge in [-0.1, -0.05) is 0 Å². The van der Waals surface area contributed by atoms with Crippen LogP contribution >= 0.6 is 22.6 Å². The maximum Gasteiger partial charge on any atom is 0.417 e. The van der Waals surface area contributed by atoms with Crippen molar-refractivity contribution in [3.05, 3.63) is 26.6 Å². The number of pyridine rings is 1. The molecule has 0 fully saturated rings. The number of aromatic nitrogens is 1. The summed E-state index contributed by atoms with van der Waals surface area (Å²) in [6.45, 7) is 1.24. The van der Waals surface area contributed by atoms with Gasteiger partial charge in [-0.2, -0.15) is 13.2 Å². The van der Waals surface area contributed by atoms with E-state index in [9.17, 15) is 26.7 Å². The third-order valence-corrected chi connectivity index (χ3v) is 2.57. The fourth-order valence-corrected chi connectivity index (χ4v) is 1.89. The maximum atomic E-state index is 12.8. The number of halogens is 6. The van der Waals surface area contributed by atoms with Crippen molar-refractivity contribution >= 4 is 28.6 Å². The van der Waals surface area contributed by atoms with Crippen LogP contribution in [-0.4, -0.2) is 17.6 Å². The summed E-state index contributed by atoms with van der Waals surface area (Å²) < 4.78 is 67.9. The van der Waals surface area contributed by atoms with Crippen molar-refractivity contribution in [1.29, 1.82) is 0 Å². The third-order valence-electron chi connectivity index (χ3n) is 2.02. The molecule has 106 valence electrons. The molecule has 0 radical (unpaired) electrons. The van der Waals surface area contributed by atoms with Crippen LogP contribution in [0.5, 0.6) is 0 Å². The molecular formula is C10H7F5INO2. The molecule has 0 saturated heterocycles. The zero-order valence-electron chi connectivity index (χ0n) is 9.39. The van der Waals surface area contributed by atoms with Gasteiger partial charge in [0.15, 0.2) is 5.69 Å². The lowest BCUT2D eigenvalue weighted by atomic mass is 10.1. The molecule has 0 aromatic carbocycles. The first kappa shape index (κ1) is 16.1. The lowest BCUT2D eigenvalue weighted by Crippen LogP contribution is -2.18. The monoisotopic (exact) mass is 395 g/mol. The van der Waals surface area contributed by atoms with Crippen LogP contribution in [0.15, 0.2) is 6.07 Å². The molecule has 0 aliphatic carbocycles. The van der Waals surface area contributed by atoms with E-state index in [0.717, 1.165) is 0 Å². The highest BCUT2D eigenvalue weighted by Gasteiger charge is 2.39. The first-order valence-corrected chi connectivity index (χ1v) is 5.99. The Bertz CT molecular complexity index is 490. The highest BCUT2D eigenvalue weighted by Crippen LogP contribution is 2.38. The molecular weight excluding hydrogens is 388 g/mol. The Kier molecular flexibility index (Phi) is 5.04. The number of nitrogens with zero attached hydrogens (tertiary/aromatic N) is 1. The molecule has 0 bridgehead atoms. The lowest BCUT2D eigenvalue weighted by molar-refractivity contribution is -0.139. The topological polar surface area (TPSA) is 39.2 Å². The number of esters is 1. The van der Waals surface area contributed by atoms with Gasteiger partial charge in [0, 0.05) is 0 Å². The summed E-state index contributed by atoms with van der Waals surface area (Å²) in [6, 6.07) is 0.463. The molecule has 0 aliphatic heterocycles. The molecule has 0 N–H and O–H groups in total. The predicted octanol–water partition coefficient (Wildman–Crippen LogP) is 3.82. The maximum absolute atomic E-state index is 12.8. The number of carbonyl (C=O) groups is 1. The van der Waals surface area contributed by atoms with E-state index in [4.69, 9.17) is 0 Å². The largest absolute Gasteiger partial charge is 0.461 e. The third kappa shape index (κ3) is 3.74. The van der Waals surface area contributed by atoms with Gasteiger partial charge in [0.05, 0.1) is 17.7 Å². The van der Waals surface area contributed by atoms with Crippen LogP contribution in [0, 0.1) is 3.70 Å². The molecule has 0 amide bonds. The van der Waals surface area contributed by atoms with E-state index in [-0.39, 0.29) is 10.3 Å². The van der Waals surface area contributed by atoms with Gasteiger partial charge in [-0.25, -0.2) is 18.6 Å². The van der Waals surface area contributed by atoms with Crippen molar-refractivity contribution in [3.63, 3.8) is 0 Å². The van der Waals surface area contributed by atoms with Gasteiger partial charge >= 0.3 is 12.1 Å². The fourth-order valence-electron chi connectivity index (χ4n) is 1.33. The van der Waals surface area contributed by atoms with Gasteiger partial charge in [0.25, 0.3) is 6.43 Å². The van der Waals surface area contributed by atoms with Crippen molar-refractivity contribution in [2.75, 3.05) is 6.61 Å². The number of ether oxygens (including phenoxy) is 1. The standard InChI is InChI=1S/C10H7F5INO2/c1-2-19-9(18)7-6(8(11)12)4(10(13,14)15)3-5(16)17-7/h3,8H,2H2,1H3. The summed E-state index contributed by atoms with van der Waals surface area (Å²) in [5.41, 5.74) is -4.03. The van der Waals surface area contributed by atoms with E-state index in [1.165, 1.54) is 29.5 Å².